The Labute approximate surface area is 107 Å². The van der Waals surface area contributed by atoms with Crippen molar-refractivity contribution in [3.63, 3.8) is 0 Å². The summed E-state index contributed by atoms with van der Waals surface area (Å²) in [4.78, 5) is 4.42. The van der Waals surface area contributed by atoms with Gasteiger partial charge in [0.05, 0.1) is 11.0 Å². The number of fused-ring (bicyclic) bond motifs is 1. The molecule has 2 N–H and O–H groups in total. The number of nitrogens with two attached hydrogens (primary N) is 1. The van der Waals surface area contributed by atoms with Gasteiger partial charge in [-0.05, 0) is 24.6 Å². The summed E-state index contributed by atoms with van der Waals surface area (Å²) in [6.45, 7) is 2.10. The number of aromatic nitrogens is 2. The third-order valence-electron chi connectivity index (χ3n) is 3.22. The summed E-state index contributed by atoms with van der Waals surface area (Å²) >= 11 is 0. The van der Waals surface area contributed by atoms with Crippen LogP contribution in [0, 0.1) is 0 Å². The van der Waals surface area contributed by atoms with E-state index in [4.69, 9.17) is 5.73 Å². The van der Waals surface area contributed by atoms with Gasteiger partial charge in [-0.1, -0.05) is 6.07 Å². The van der Waals surface area contributed by atoms with E-state index in [-0.39, 0.29) is 0 Å². The quantitative estimate of drug-likeness (QED) is 0.904. The molecule has 98 valence electrons. The van der Waals surface area contributed by atoms with E-state index in [1.165, 1.54) is 6.26 Å². The molecule has 6 heteroatoms. The van der Waals surface area contributed by atoms with Crippen LogP contribution in [-0.4, -0.2) is 24.2 Å². The number of hydrogen-bond donors (Lipinski definition) is 1. The summed E-state index contributed by atoms with van der Waals surface area (Å²) in [5, 5.41) is -0.615. The maximum atomic E-state index is 11.6. The van der Waals surface area contributed by atoms with E-state index in [0.29, 0.717) is 12.4 Å². The molecule has 1 unspecified atom stereocenters. The van der Waals surface area contributed by atoms with Crippen LogP contribution in [0.2, 0.25) is 0 Å². The third-order valence-corrected chi connectivity index (χ3v) is 4.72. The van der Waals surface area contributed by atoms with Crippen molar-refractivity contribution in [2.75, 3.05) is 6.26 Å². The Balaban J connectivity index is 2.64. The Morgan fingerprint density at radius 3 is 2.67 bits per heavy atom. The molecule has 0 amide bonds. The van der Waals surface area contributed by atoms with E-state index in [2.05, 4.69) is 4.98 Å². The van der Waals surface area contributed by atoms with E-state index in [9.17, 15) is 8.42 Å². The van der Waals surface area contributed by atoms with Crippen LogP contribution in [0.15, 0.2) is 18.2 Å². The third kappa shape index (κ3) is 2.13. The topological polar surface area (TPSA) is 78.0 Å². The van der Waals surface area contributed by atoms with Crippen molar-refractivity contribution in [2.45, 2.75) is 18.7 Å². The van der Waals surface area contributed by atoms with Gasteiger partial charge in [0.25, 0.3) is 0 Å². The van der Waals surface area contributed by atoms with E-state index in [1.807, 2.05) is 29.8 Å². The van der Waals surface area contributed by atoms with Gasteiger partial charge in [0.2, 0.25) is 0 Å². The molecule has 0 saturated carbocycles. The van der Waals surface area contributed by atoms with Crippen LogP contribution in [-0.2, 0) is 23.4 Å². The average molecular weight is 267 g/mol. The highest BCUT2D eigenvalue weighted by Crippen LogP contribution is 2.24. The minimum Gasteiger partial charge on any atom is -0.330 e. The minimum atomic E-state index is -3.15. The molecule has 0 spiro atoms. The largest absolute Gasteiger partial charge is 0.330 e. The fourth-order valence-electron chi connectivity index (χ4n) is 1.95. The number of sulfone groups is 1. The van der Waals surface area contributed by atoms with Crippen molar-refractivity contribution in [3.05, 3.63) is 29.6 Å². The van der Waals surface area contributed by atoms with E-state index < -0.39 is 15.1 Å². The highest BCUT2D eigenvalue weighted by atomic mass is 32.2. The van der Waals surface area contributed by atoms with E-state index in [1.54, 1.807) is 6.92 Å². The smallest absolute Gasteiger partial charge is 0.157 e. The molecule has 1 atom stereocenters. The Kier molecular flexibility index (Phi) is 3.16. The van der Waals surface area contributed by atoms with Crippen LogP contribution in [0.3, 0.4) is 0 Å². The first-order valence-electron chi connectivity index (χ1n) is 5.68. The highest BCUT2D eigenvalue weighted by molar-refractivity contribution is 7.90. The first kappa shape index (κ1) is 13.0. The van der Waals surface area contributed by atoms with Gasteiger partial charge in [-0.15, -0.1) is 0 Å². The van der Waals surface area contributed by atoms with Gasteiger partial charge in [-0.3, -0.25) is 0 Å². The van der Waals surface area contributed by atoms with Crippen molar-refractivity contribution in [3.8, 4) is 0 Å². The molecular weight excluding hydrogens is 250 g/mol. The molecule has 0 saturated heterocycles. The van der Waals surface area contributed by atoms with Crippen molar-refractivity contribution in [1.82, 2.24) is 9.55 Å². The highest BCUT2D eigenvalue weighted by Gasteiger charge is 2.23. The SMILES string of the molecule is CC(c1nc2cc(CN)ccc2n1C)S(C)(=O)=O. The molecule has 2 aromatic rings. The second kappa shape index (κ2) is 4.37. The molecule has 18 heavy (non-hydrogen) atoms. The fourth-order valence-corrected chi connectivity index (χ4v) is 2.54. The molecular formula is C12H17N3O2S. The van der Waals surface area contributed by atoms with Gasteiger partial charge in [0.1, 0.15) is 11.1 Å². The molecule has 1 aromatic carbocycles. The lowest BCUT2D eigenvalue weighted by molar-refractivity contribution is 0.587. The summed E-state index contributed by atoms with van der Waals surface area (Å²) in [6.07, 6.45) is 1.22. The summed E-state index contributed by atoms with van der Waals surface area (Å²) in [5.41, 5.74) is 8.27. The van der Waals surface area contributed by atoms with Crippen molar-refractivity contribution in [2.24, 2.45) is 12.8 Å². The second-order valence-electron chi connectivity index (χ2n) is 4.53. The molecule has 0 bridgehead atoms. The number of benzene rings is 1. The second-order valence-corrected chi connectivity index (χ2v) is 6.89. The zero-order valence-corrected chi connectivity index (χ0v) is 11.5. The summed E-state index contributed by atoms with van der Waals surface area (Å²) in [7, 11) is -1.32. The Morgan fingerprint density at radius 1 is 1.44 bits per heavy atom. The molecule has 2 rings (SSSR count). The summed E-state index contributed by atoms with van der Waals surface area (Å²) in [5.74, 6) is 0.557. The molecule has 0 fully saturated rings. The Bertz CT molecular complexity index is 689. The average Bonchev–Trinajstić information content (AvgIpc) is 2.64. The molecule has 0 radical (unpaired) electrons. The zero-order chi connectivity index (χ0) is 13.5. The van der Waals surface area contributed by atoms with Crippen molar-refractivity contribution in [1.29, 1.82) is 0 Å². The number of imidazole rings is 1. The van der Waals surface area contributed by atoms with Gasteiger partial charge < -0.3 is 10.3 Å². The Morgan fingerprint density at radius 2 is 2.11 bits per heavy atom. The zero-order valence-electron chi connectivity index (χ0n) is 10.7. The van der Waals surface area contributed by atoms with E-state index >= 15 is 0 Å². The number of rotatable bonds is 3. The van der Waals surface area contributed by atoms with Crippen molar-refractivity contribution >= 4 is 20.9 Å². The maximum Gasteiger partial charge on any atom is 0.157 e. The van der Waals surface area contributed by atoms with Crippen LogP contribution >= 0.6 is 0 Å². The number of hydrogen-bond acceptors (Lipinski definition) is 4. The molecule has 1 heterocycles. The lowest BCUT2D eigenvalue weighted by atomic mass is 10.2. The normalized spacial score (nSPS) is 14.0. The first-order chi connectivity index (χ1) is 8.34. The van der Waals surface area contributed by atoms with Gasteiger partial charge in [0.15, 0.2) is 9.84 Å². The monoisotopic (exact) mass is 267 g/mol. The Hall–Kier alpha value is -1.40. The first-order valence-corrected chi connectivity index (χ1v) is 7.64. The minimum absolute atomic E-state index is 0.448. The molecule has 0 aliphatic heterocycles. The van der Waals surface area contributed by atoms with Gasteiger partial charge in [0, 0.05) is 19.8 Å². The van der Waals surface area contributed by atoms with Crippen molar-refractivity contribution < 1.29 is 8.42 Å². The fraction of sp³-hybridized carbons (Fsp3) is 0.417. The van der Waals surface area contributed by atoms with Crippen LogP contribution in [0.1, 0.15) is 23.6 Å². The summed E-state index contributed by atoms with van der Waals surface area (Å²) in [6, 6.07) is 5.75. The number of nitrogens with zero attached hydrogens (tertiary/aromatic N) is 2. The molecule has 0 aliphatic carbocycles. The maximum absolute atomic E-state index is 11.6. The van der Waals surface area contributed by atoms with Gasteiger partial charge >= 0.3 is 0 Å². The lowest BCUT2D eigenvalue weighted by Crippen LogP contribution is -2.12. The molecule has 1 aromatic heterocycles. The standard InChI is InChI=1S/C12H17N3O2S/c1-8(18(3,16)17)12-14-10-6-9(7-13)4-5-11(10)15(12)2/h4-6,8H,7,13H2,1-3H3. The molecule has 5 nitrogen and oxygen atoms in total. The number of aryl methyl sites for hydroxylation is 1. The predicted molar refractivity (Wildman–Crippen MR) is 71.9 cm³/mol. The predicted octanol–water partition coefficient (Wildman–Crippen LogP) is 1.14. The lowest BCUT2D eigenvalue weighted by Gasteiger charge is -2.08. The van der Waals surface area contributed by atoms with Crippen LogP contribution in [0.25, 0.3) is 11.0 Å². The molecule has 0 aliphatic rings. The van der Waals surface area contributed by atoms with Gasteiger partial charge in [-0.25, -0.2) is 13.4 Å². The van der Waals surface area contributed by atoms with E-state index in [0.717, 1.165) is 16.6 Å². The van der Waals surface area contributed by atoms with Crippen LogP contribution < -0.4 is 5.73 Å². The van der Waals surface area contributed by atoms with Crippen LogP contribution in [0.4, 0.5) is 0 Å². The summed E-state index contributed by atoms with van der Waals surface area (Å²) < 4.78 is 25.0. The van der Waals surface area contributed by atoms with Gasteiger partial charge in [-0.2, -0.15) is 0 Å². The van der Waals surface area contributed by atoms with Crippen LogP contribution in [0.5, 0.6) is 0 Å².